The molecule has 82 valence electrons. The second-order valence-corrected chi connectivity index (χ2v) is 4.17. The van der Waals surface area contributed by atoms with Crippen molar-refractivity contribution in [2.24, 2.45) is 10.9 Å². The van der Waals surface area contributed by atoms with E-state index in [2.05, 4.69) is 18.8 Å². The predicted molar refractivity (Wildman–Crippen MR) is 59.4 cm³/mol. The molecule has 1 atom stereocenters. The first-order chi connectivity index (χ1) is 7.18. The Morgan fingerprint density at radius 1 is 1.53 bits per heavy atom. The number of rotatable bonds is 5. The Bertz CT molecular complexity index is 301. The molecule has 0 amide bonds. The van der Waals surface area contributed by atoms with Gasteiger partial charge in [0.1, 0.15) is 5.60 Å². The molecule has 15 heavy (non-hydrogen) atoms. The average molecular weight is 207 g/mol. The predicted octanol–water partition coefficient (Wildman–Crippen LogP) is 2.25. The minimum Gasteiger partial charge on any atom is -0.368 e. The zero-order chi connectivity index (χ0) is 11.1. The maximum absolute atomic E-state index is 10.1. The Balaban J connectivity index is 2.63. The summed E-state index contributed by atoms with van der Waals surface area (Å²) < 4.78 is 5.82. The van der Waals surface area contributed by atoms with E-state index in [1.807, 2.05) is 24.3 Å². The highest BCUT2D eigenvalue weighted by molar-refractivity contribution is 5.34. The summed E-state index contributed by atoms with van der Waals surface area (Å²) in [4.78, 5) is 13.8. The average Bonchev–Trinajstić information content (AvgIpc) is 2.25. The summed E-state index contributed by atoms with van der Waals surface area (Å²) >= 11 is 0. The fourth-order valence-electron chi connectivity index (χ4n) is 1.41. The maximum Gasteiger partial charge on any atom is 0.235 e. The van der Waals surface area contributed by atoms with Crippen molar-refractivity contribution in [3.05, 3.63) is 24.3 Å². The van der Waals surface area contributed by atoms with Crippen LogP contribution in [0.3, 0.4) is 0 Å². The molecule has 0 N–H and O–H groups in total. The lowest BCUT2D eigenvalue weighted by atomic mass is 9.95. The first-order valence-corrected chi connectivity index (χ1v) is 5.20. The number of carbonyl (C=O) groups excluding carboxylic acids is 1. The third kappa shape index (κ3) is 3.82. The van der Waals surface area contributed by atoms with Crippen LogP contribution in [-0.2, 0) is 9.53 Å². The van der Waals surface area contributed by atoms with Crippen molar-refractivity contribution in [3.8, 4) is 0 Å². The van der Waals surface area contributed by atoms with Crippen molar-refractivity contribution in [1.29, 1.82) is 0 Å². The van der Waals surface area contributed by atoms with Crippen LogP contribution in [0.4, 0.5) is 0 Å². The molecule has 0 saturated heterocycles. The molecule has 3 heteroatoms. The van der Waals surface area contributed by atoms with Gasteiger partial charge in [-0.2, -0.15) is 0 Å². The second kappa shape index (κ2) is 5.64. The van der Waals surface area contributed by atoms with Gasteiger partial charge >= 0.3 is 0 Å². The van der Waals surface area contributed by atoms with Crippen molar-refractivity contribution in [2.75, 3.05) is 13.2 Å². The molecule has 0 aliphatic heterocycles. The van der Waals surface area contributed by atoms with Crippen LogP contribution < -0.4 is 0 Å². The van der Waals surface area contributed by atoms with Crippen LogP contribution in [0.25, 0.3) is 0 Å². The summed E-state index contributed by atoms with van der Waals surface area (Å²) in [6.07, 6.45) is 10.2. The van der Waals surface area contributed by atoms with Crippen LogP contribution in [-0.4, -0.2) is 24.8 Å². The highest BCUT2D eigenvalue weighted by Crippen LogP contribution is 2.23. The van der Waals surface area contributed by atoms with Crippen LogP contribution >= 0.6 is 0 Å². The molecular formula is C12H17NO2. The standard InChI is InChI=1S/C12H17NO2/c1-11(2)8-15-12(9-13-10-14)6-4-3-5-7-12/h3-6,11H,7-9H2,1-2H3. The summed E-state index contributed by atoms with van der Waals surface area (Å²) in [7, 11) is 0. The van der Waals surface area contributed by atoms with Crippen LogP contribution in [0.15, 0.2) is 29.3 Å². The Hall–Kier alpha value is -1.18. The quantitative estimate of drug-likeness (QED) is 0.512. The number of ether oxygens (including phenoxy) is 1. The van der Waals surface area contributed by atoms with E-state index in [4.69, 9.17) is 4.74 Å². The summed E-state index contributed by atoms with van der Waals surface area (Å²) in [6.45, 7) is 5.22. The number of allylic oxidation sites excluding steroid dienone is 2. The number of hydrogen-bond donors (Lipinski definition) is 0. The van der Waals surface area contributed by atoms with Crippen LogP contribution in [0.5, 0.6) is 0 Å². The number of nitrogens with zero attached hydrogens (tertiary/aromatic N) is 1. The van der Waals surface area contributed by atoms with E-state index in [0.29, 0.717) is 19.1 Å². The molecule has 0 saturated carbocycles. The second-order valence-electron chi connectivity index (χ2n) is 4.17. The molecule has 0 bridgehead atoms. The lowest BCUT2D eigenvalue weighted by molar-refractivity contribution is -0.0139. The Morgan fingerprint density at radius 3 is 2.87 bits per heavy atom. The minimum absolute atomic E-state index is 0.351. The van der Waals surface area contributed by atoms with E-state index in [1.165, 1.54) is 0 Å². The smallest absolute Gasteiger partial charge is 0.235 e. The van der Waals surface area contributed by atoms with Crippen molar-refractivity contribution >= 4 is 6.08 Å². The van der Waals surface area contributed by atoms with E-state index in [9.17, 15) is 4.79 Å². The van der Waals surface area contributed by atoms with Crippen molar-refractivity contribution < 1.29 is 9.53 Å². The van der Waals surface area contributed by atoms with Gasteiger partial charge in [0.05, 0.1) is 13.2 Å². The van der Waals surface area contributed by atoms with Crippen molar-refractivity contribution in [1.82, 2.24) is 0 Å². The molecule has 1 aliphatic rings. The van der Waals surface area contributed by atoms with Gasteiger partial charge in [-0.3, -0.25) is 0 Å². The molecule has 1 aliphatic carbocycles. The lowest BCUT2D eigenvalue weighted by Gasteiger charge is -2.30. The monoisotopic (exact) mass is 207 g/mol. The maximum atomic E-state index is 10.1. The van der Waals surface area contributed by atoms with E-state index in [-0.39, 0.29) is 0 Å². The minimum atomic E-state index is -0.434. The third-order valence-corrected chi connectivity index (χ3v) is 2.23. The van der Waals surface area contributed by atoms with Gasteiger partial charge in [0.25, 0.3) is 0 Å². The van der Waals surface area contributed by atoms with Gasteiger partial charge < -0.3 is 4.74 Å². The Morgan fingerprint density at radius 2 is 2.33 bits per heavy atom. The Kier molecular flexibility index (Phi) is 4.47. The molecule has 1 rings (SSSR count). The molecule has 0 aromatic heterocycles. The van der Waals surface area contributed by atoms with Crippen molar-refractivity contribution in [3.63, 3.8) is 0 Å². The summed E-state index contributed by atoms with van der Waals surface area (Å²) in [5, 5.41) is 0. The van der Waals surface area contributed by atoms with E-state index >= 15 is 0 Å². The van der Waals surface area contributed by atoms with Gasteiger partial charge in [0.15, 0.2) is 0 Å². The molecule has 0 heterocycles. The zero-order valence-corrected chi connectivity index (χ0v) is 9.27. The van der Waals surface area contributed by atoms with E-state index in [1.54, 1.807) is 6.08 Å². The molecule has 0 fully saturated rings. The van der Waals surface area contributed by atoms with Gasteiger partial charge in [-0.1, -0.05) is 38.2 Å². The first-order valence-electron chi connectivity index (χ1n) is 5.20. The molecule has 0 spiro atoms. The number of hydrogen-bond acceptors (Lipinski definition) is 3. The molecule has 0 aromatic rings. The van der Waals surface area contributed by atoms with Gasteiger partial charge in [-0.15, -0.1) is 0 Å². The summed E-state index contributed by atoms with van der Waals surface area (Å²) in [6, 6.07) is 0. The third-order valence-electron chi connectivity index (χ3n) is 2.23. The van der Waals surface area contributed by atoms with Gasteiger partial charge in [0, 0.05) is 6.42 Å². The SMILES string of the molecule is CC(C)COC1(CN=C=O)C=CC=CC1. The molecule has 1 unspecified atom stereocenters. The van der Waals surface area contributed by atoms with Gasteiger partial charge in [-0.05, 0) is 5.92 Å². The largest absolute Gasteiger partial charge is 0.368 e. The summed E-state index contributed by atoms with van der Waals surface area (Å²) in [5.41, 5.74) is -0.434. The van der Waals surface area contributed by atoms with E-state index < -0.39 is 5.60 Å². The fraction of sp³-hybridized carbons (Fsp3) is 0.583. The Labute approximate surface area is 90.5 Å². The lowest BCUT2D eigenvalue weighted by Crippen LogP contribution is -2.35. The van der Waals surface area contributed by atoms with Crippen LogP contribution in [0, 0.1) is 5.92 Å². The number of isocyanates is 1. The van der Waals surface area contributed by atoms with Gasteiger partial charge in [-0.25, -0.2) is 9.79 Å². The molecular weight excluding hydrogens is 190 g/mol. The van der Waals surface area contributed by atoms with Crippen LogP contribution in [0.2, 0.25) is 0 Å². The summed E-state index contributed by atoms with van der Waals surface area (Å²) in [5.74, 6) is 0.474. The van der Waals surface area contributed by atoms with Crippen LogP contribution in [0.1, 0.15) is 20.3 Å². The molecule has 0 radical (unpaired) electrons. The number of aliphatic imine (C=N–C) groups is 1. The first kappa shape index (κ1) is 11.9. The zero-order valence-electron chi connectivity index (χ0n) is 9.27. The normalized spacial score (nSPS) is 24.2. The van der Waals surface area contributed by atoms with Gasteiger partial charge in [0.2, 0.25) is 6.08 Å². The fourth-order valence-corrected chi connectivity index (χ4v) is 1.41. The highest BCUT2D eigenvalue weighted by atomic mass is 16.5. The molecule has 3 nitrogen and oxygen atoms in total. The van der Waals surface area contributed by atoms with E-state index in [0.717, 1.165) is 6.42 Å². The highest BCUT2D eigenvalue weighted by Gasteiger charge is 2.28. The van der Waals surface area contributed by atoms with Crippen molar-refractivity contribution in [2.45, 2.75) is 25.9 Å². The molecule has 0 aromatic carbocycles. The topological polar surface area (TPSA) is 38.7 Å².